The Morgan fingerprint density at radius 1 is 1.43 bits per heavy atom. The summed E-state index contributed by atoms with van der Waals surface area (Å²) in [5, 5.41) is 21.0. The molecule has 3 rings (SSSR count). The van der Waals surface area contributed by atoms with Crippen molar-refractivity contribution < 1.29 is 13.3 Å². The summed E-state index contributed by atoms with van der Waals surface area (Å²) < 4.78 is 23.9. The average Bonchev–Trinajstić information content (AvgIpc) is 2.93. The van der Waals surface area contributed by atoms with E-state index in [1.807, 2.05) is 0 Å². The van der Waals surface area contributed by atoms with E-state index in [1.165, 1.54) is 12.1 Å². The number of aromatic amines is 1. The molecule has 8 nitrogen and oxygen atoms in total. The third-order valence-electron chi connectivity index (χ3n) is 3.95. The van der Waals surface area contributed by atoms with Crippen LogP contribution in [0.4, 0.5) is 11.4 Å². The molecule has 0 saturated carbocycles. The van der Waals surface area contributed by atoms with E-state index in [-0.39, 0.29) is 16.6 Å². The van der Waals surface area contributed by atoms with E-state index in [9.17, 15) is 18.5 Å². The van der Waals surface area contributed by atoms with E-state index in [1.54, 1.807) is 6.20 Å². The summed E-state index contributed by atoms with van der Waals surface area (Å²) in [6.45, 7) is 0. The first-order valence-corrected chi connectivity index (χ1v) is 9.00. The van der Waals surface area contributed by atoms with E-state index < -0.39 is 14.8 Å². The van der Waals surface area contributed by atoms with Crippen LogP contribution in [0.3, 0.4) is 0 Å². The van der Waals surface area contributed by atoms with Gasteiger partial charge in [0.2, 0.25) is 0 Å². The van der Waals surface area contributed by atoms with Crippen LogP contribution >= 0.6 is 0 Å². The lowest BCUT2D eigenvalue weighted by molar-refractivity contribution is -0.385. The van der Waals surface area contributed by atoms with Crippen LogP contribution in [0, 0.1) is 10.1 Å². The summed E-state index contributed by atoms with van der Waals surface area (Å²) in [5.74, 6) is 0. The zero-order chi connectivity index (χ0) is 16.6. The molecule has 0 fully saturated rings. The fourth-order valence-corrected chi connectivity index (χ4v) is 3.67. The van der Waals surface area contributed by atoms with Crippen molar-refractivity contribution in [3.63, 3.8) is 0 Å². The molecule has 0 aliphatic heterocycles. The monoisotopic (exact) mass is 336 g/mol. The average molecular weight is 336 g/mol. The van der Waals surface area contributed by atoms with Crippen molar-refractivity contribution in [3.05, 3.63) is 45.8 Å². The Kier molecular flexibility index (Phi) is 3.80. The molecule has 0 radical (unpaired) electrons. The Morgan fingerprint density at radius 2 is 2.22 bits per heavy atom. The molecule has 1 atom stereocenters. The number of nitro groups is 1. The number of non-ortho nitro benzene ring substituents is 1. The minimum Gasteiger partial charge on any atom is -0.381 e. The van der Waals surface area contributed by atoms with Crippen LogP contribution in [-0.4, -0.2) is 35.8 Å². The summed E-state index contributed by atoms with van der Waals surface area (Å²) in [7, 11) is -3.58. The zero-order valence-corrected chi connectivity index (χ0v) is 13.3. The molecule has 1 aromatic heterocycles. The van der Waals surface area contributed by atoms with Crippen LogP contribution in [0.15, 0.2) is 29.3 Å². The van der Waals surface area contributed by atoms with Gasteiger partial charge in [-0.1, -0.05) is 0 Å². The van der Waals surface area contributed by atoms with Crippen LogP contribution < -0.4 is 5.32 Å². The Morgan fingerprint density at radius 3 is 2.91 bits per heavy atom. The van der Waals surface area contributed by atoms with Gasteiger partial charge in [0, 0.05) is 30.1 Å². The first-order valence-electron chi connectivity index (χ1n) is 7.11. The largest absolute Gasteiger partial charge is 0.381 e. The van der Waals surface area contributed by atoms with E-state index in [2.05, 4.69) is 15.5 Å². The fraction of sp³-hybridized carbons (Fsp3) is 0.357. The third-order valence-corrected chi connectivity index (χ3v) is 5.09. The van der Waals surface area contributed by atoms with Gasteiger partial charge in [-0.15, -0.1) is 0 Å². The van der Waals surface area contributed by atoms with E-state index in [0.717, 1.165) is 42.8 Å². The van der Waals surface area contributed by atoms with Crippen molar-refractivity contribution in [2.24, 2.45) is 0 Å². The maximum Gasteiger partial charge on any atom is 0.270 e. The van der Waals surface area contributed by atoms with Crippen molar-refractivity contribution in [1.29, 1.82) is 0 Å². The second-order valence-electron chi connectivity index (χ2n) is 5.67. The second kappa shape index (κ2) is 5.65. The first kappa shape index (κ1) is 15.5. The number of nitrogens with one attached hydrogen (secondary N) is 2. The maximum absolute atomic E-state index is 11.9. The van der Waals surface area contributed by atoms with Gasteiger partial charge >= 0.3 is 0 Å². The Labute approximate surface area is 133 Å². The number of anilines is 1. The normalized spacial score (nSPS) is 17.5. The Bertz CT molecular complexity index is 859. The van der Waals surface area contributed by atoms with Gasteiger partial charge in [-0.3, -0.25) is 15.2 Å². The predicted molar refractivity (Wildman–Crippen MR) is 84.2 cm³/mol. The van der Waals surface area contributed by atoms with Crippen LogP contribution in [0.1, 0.15) is 17.7 Å². The van der Waals surface area contributed by atoms with Gasteiger partial charge in [-0.25, -0.2) is 8.42 Å². The molecule has 0 saturated heterocycles. The molecular formula is C14H16N4O4S. The lowest BCUT2D eigenvalue weighted by Gasteiger charge is -2.24. The molecule has 122 valence electrons. The quantitative estimate of drug-likeness (QED) is 0.648. The van der Waals surface area contributed by atoms with Crippen LogP contribution in [0.25, 0.3) is 0 Å². The molecule has 1 unspecified atom stereocenters. The zero-order valence-electron chi connectivity index (χ0n) is 12.4. The number of hydrogen-bond acceptors (Lipinski definition) is 6. The highest BCUT2D eigenvalue weighted by atomic mass is 32.2. The van der Waals surface area contributed by atoms with Crippen molar-refractivity contribution in [3.8, 4) is 0 Å². The molecule has 1 aromatic carbocycles. The molecule has 1 aliphatic carbocycles. The highest BCUT2D eigenvalue weighted by molar-refractivity contribution is 7.90. The fourth-order valence-electron chi connectivity index (χ4n) is 2.81. The number of hydrogen-bond donors (Lipinski definition) is 2. The van der Waals surface area contributed by atoms with Gasteiger partial charge in [0.25, 0.3) is 5.69 Å². The van der Waals surface area contributed by atoms with Crippen molar-refractivity contribution >= 4 is 21.2 Å². The molecule has 23 heavy (non-hydrogen) atoms. The number of aryl methyl sites for hydroxylation is 1. The molecule has 9 heteroatoms. The number of fused-ring (bicyclic) bond motifs is 1. The number of H-pyrrole nitrogens is 1. The lowest BCUT2D eigenvalue weighted by Crippen LogP contribution is -2.27. The molecular weight excluding hydrogens is 320 g/mol. The highest BCUT2D eigenvalue weighted by Crippen LogP contribution is 2.29. The number of sulfone groups is 1. The standard InChI is InChI=1S/C14H16N4O4S/c1-23(21,22)14-7-11(18(19)20)3-5-13(14)16-10-2-4-12-9(6-10)8-15-17-12/h3,5,7-8,10,16H,2,4,6H2,1H3,(H,15,17). The van der Waals surface area contributed by atoms with Gasteiger partial charge in [-0.2, -0.15) is 5.10 Å². The van der Waals surface area contributed by atoms with Gasteiger partial charge < -0.3 is 5.32 Å². The van der Waals surface area contributed by atoms with Crippen molar-refractivity contribution in [1.82, 2.24) is 10.2 Å². The van der Waals surface area contributed by atoms with Crippen LogP contribution in [0.5, 0.6) is 0 Å². The number of aromatic nitrogens is 2. The summed E-state index contributed by atoms with van der Waals surface area (Å²) in [6, 6.07) is 3.92. The summed E-state index contributed by atoms with van der Waals surface area (Å²) in [5.41, 5.74) is 2.37. The molecule has 2 aromatic rings. The molecule has 1 aliphatic rings. The van der Waals surface area contributed by atoms with E-state index in [0.29, 0.717) is 5.69 Å². The second-order valence-corrected chi connectivity index (χ2v) is 7.65. The van der Waals surface area contributed by atoms with Crippen LogP contribution in [0.2, 0.25) is 0 Å². The summed E-state index contributed by atoms with van der Waals surface area (Å²) >= 11 is 0. The highest BCUT2D eigenvalue weighted by Gasteiger charge is 2.23. The van der Waals surface area contributed by atoms with Crippen molar-refractivity contribution in [2.75, 3.05) is 11.6 Å². The Balaban J connectivity index is 1.90. The first-order chi connectivity index (χ1) is 10.8. The van der Waals surface area contributed by atoms with Crippen molar-refractivity contribution in [2.45, 2.75) is 30.2 Å². The van der Waals surface area contributed by atoms with Gasteiger partial charge in [0.15, 0.2) is 9.84 Å². The maximum atomic E-state index is 11.9. The van der Waals surface area contributed by atoms with Gasteiger partial charge in [0.1, 0.15) is 0 Å². The molecule has 0 bridgehead atoms. The number of benzene rings is 1. The van der Waals surface area contributed by atoms with Gasteiger partial charge in [-0.05, 0) is 30.9 Å². The number of rotatable bonds is 4. The Hall–Kier alpha value is -2.42. The molecule has 0 amide bonds. The third kappa shape index (κ3) is 3.19. The molecule has 2 N–H and O–H groups in total. The summed E-state index contributed by atoms with van der Waals surface area (Å²) in [6.07, 6.45) is 5.21. The minimum absolute atomic E-state index is 0.0512. The topological polar surface area (TPSA) is 118 Å². The molecule has 1 heterocycles. The number of nitro benzene ring substituents is 1. The predicted octanol–water partition coefficient (Wildman–Crippen LogP) is 1.69. The SMILES string of the molecule is CS(=O)(=O)c1cc([N+](=O)[O-])ccc1NC1CCc2[nH]ncc2C1. The summed E-state index contributed by atoms with van der Waals surface area (Å²) in [4.78, 5) is 10.2. The minimum atomic E-state index is -3.58. The van der Waals surface area contributed by atoms with E-state index in [4.69, 9.17) is 0 Å². The lowest BCUT2D eigenvalue weighted by atomic mass is 9.93. The smallest absolute Gasteiger partial charge is 0.270 e. The molecule has 0 spiro atoms. The number of nitrogens with zero attached hydrogens (tertiary/aromatic N) is 2. The van der Waals surface area contributed by atoms with Crippen LogP contribution in [-0.2, 0) is 22.7 Å². The van der Waals surface area contributed by atoms with E-state index >= 15 is 0 Å². The van der Waals surface area contributed by atoms with Gasteiger partial charge in [0.05, 0.1) is 21.7 Å².